The molecule has 4 aromatic carbocycles. The summed E-state index contributed by atoms with van der Waals surface area (Å²) in [4.78, 5) is 33.3. The molecule has 9 heteroatoms. The van der Waals surface area contributed by atoms with Gasteiger partial charge in [-0.05, 0) is 78.7 Å². The summed E-state index contributed by atoms with van der Waals surface area (Å²) >= 11 is 7.44. The number of rotatable bonds is 8. The van der Waals surface area contributed by atoms with Crippen LogP contribution in [0, 0.1) is 0 Å². The molecule has 0 radical (unpaired) electrons. The minimum absolute atomic E-state index is 0.0450. The summed E-state index contributed by atoms with van der Waals surface area (Å²) in [5.41, 5.74) is 1.55. The fraction of sp³-hybridized carbons (Fsp3) is 0.121. The third-order valence-corrected chi connectivity index (χ3v) is 8.00. The Balaban J connectivity index is 1.48. The number of thiazole rings is 1. The molecule has 1 atom stereocenters. The lowest BCUT2D eigenvalue weighted by Gasteiger charge is -2.23. The molecule has 0 saturated carbocycles. The molecule has 1 amide bonds. The van der Waals surface area contributed by atoms with Crippen LogP contribution >= 0.6 is 22.9 Å². The molecule has 1 aliphatic rings. The van der Waals surface area contributed by atoms with E-state index in [9.17, 15) is 14.7 Å². The van der Waals surface area contributed by atoms with Gasteiger partial charge in [0.05, 0.1) is 28.4 Å². The number of amides is 1. The monoisotopic (exact) mass is 596 g/mol. The molecule has 42 heavy (non-hydrogen) atoms. The van der Waals surface area contributed by atoms with Gasteiger partial charge in [-0.3, -0.25) is 14.5 Å². The summed E-state index contributed by atoms with van der Waals surface area (Å²) < 4.78 is 12.5. The highest BCUT2D eigenvalue weighted by Crippen LogP contribution is 2.45. The molecule has 1 unspecified atom stereocenters. The number of halogens is 1. The predicted octanol–water partition coefficient (Wildman–Crippen LogP) is 8.16. The average Bonchev–Trinajstić information content (AvgIpc) is 3.54. The molecule has 0 aliphatic carbocycles. The van der Waals surface area contributed by atoms with Crippen LogP contribution in [0.15, 0.2) is 103 Å². The van der Waals surface area contributed by atoms with Crippen LogP contribution in [0.3, 0.4) is 0 Å². The molecule has 0 spiro atoms. The van der Waals surface area contributed by atoms with Gasteiger partial charge < -0.3 is 14.6 Å². The number of para-hydroxylation sites is 1. The van der Waals surface area contributed by atoms with Crippen molar-refractivity contribution in [3.8, 4) is 17.2 Å². The number of hydrogen-bond acceptors (Lipinski definition) is 7. The van der Waals surface area contributed by atoms with E-state index in [1.807, 2.05) is 37.3 Å². The zero-order chi connectivity index (χ0) is 29.2. The number of carbonyl (C=O) groups is 2. The molecule has 7 nitrogen and oxygen atoms in total. The summed E-state index contributed by atoms with van der Waals surface area (Å²) in [7, 11) is 0. The van der Waals surface area contributed by atoms with Crippen molar-refractivity contribution in [1.82, 2.24) is 4.98 Å². The van der Waals surface area contributed by atoms with E-state index in [-0.39, 0.29) is 11.3 Å². The number of ether oxygens (including phenoxy) is 2. The summed E-state index contributed by atoms with van der Waals surface area (Å²) in [6.07, 6.45) is 0.857. The molecular weight excluding hydrogens is 572 g/mol. The highest BCUT2D eigenvalue weighted by molar-refractivity contribution is 7.22. The van der Waals surface area contributed by atoms with Crippen molar-refractivity contribution >= 4 is 55.7 Å². The predicted molar refractivity (Wildman–Crippen MR) is 165 cm³/mol. The zero-order valence-corrected chi connectivity index (χ0v) is 24.1. The van der Waals surface area contributed by atoms with Crippen LogP contribution in [0.2, 0.25) is 5.02 Å². The van der Waals surface area contributed by atoms with E-state index in [4.69, 9.17) is 21.1 Å². The Hall–Kier alpha value is -4.66. The molecule has 1 aliphatic heterocycles. The van der Waals surface area contributed by atoms with Crippen LogP contribution in [0.1, 0.15) is 30.5 Å². The van der Waals surface area contributed by atoms with Gasteiger partial charge in [-0.1, -0.05) is 60.2 Å². The molecule has 1 aromatic heterocycles. The normalized spacial score (nSPS) is 16.2. The van der Waals surface area contributed by atoms with Gasteiger partial charge in [0.15, 0.2) is 5.13 Å². The smallest absolute Gasteiger partial charge is 0.301 e. The van der Waals surface area contributed by atoms with Gasteiger partial charge in [0.25, 0.3) is 5.78 Å². The summed E-state index contributed by atoms with van der Waals surface area (Å²) in [5.74, 6) is -0.0971. The van der Waals surface area contributed by atoms with E-state index in [1.54, 1.807) is 66.7 Å². The molecule has 210 valence electrons. The Morgan fingerprint density at radius 3 is 2.45 bits per heavy atom. The maximum absolute atomic E-state index is 13.6. The molecule has 2 heterocycles. The number of aromatic nitrogens is 1. The average molecular weight is 597 g/mol. The second-order valence-electron chi connectivity index (χ2n) is 9.64. The van der Waals surface area contributed by atoms with Crippen molar-refractivity contribution in [2.75, 3.05) is 11.5 Å². The minimum atomic E-state index is -0.962. The van der Waals surface area contributed by atoms with Gasteiger partial charge in [0.2, 0.25) is 0 Å². The fourth-order valence-electron chi connectivity index (χ4n) is 4.79. The van der Waals surface area contributed by atoms with Crippen LogP contribution in [0.5, 0.6) is 17.2 Å². The highest BCUT2D eigenvalue weighted by Gasteiger charge is 2.48. The zero-order valence-electron chi connectivity index (χ0n) is 22.5. The number of hydrogen-bond donors (Lipinski definition) is 1. The standard InChI is InChI=1S/C33H25ClN2O5S/c1-2-17-40-23-14-11-20(12-15-23)30(37)28-29(21-7-6-10-25(18-21)41-24-8-4-3-5-9-24)36(32(39)31(28)38)33-35-26-16-13-22(34)19-27(26)42-33/h3-16,18-19,29,37H,2,17H2,1H3. The lowest BCUT2D eigenvalue weighted by molar-refractivity contribution is -0.132. The Morgan fingerprint density at radius 1 is 0.929 bits per heavy atom. The fourth-order valence-corrected chi connectivity index (χ4v) is 6.06. The molecule has 1 N–H and O–H groups in total. The summed E-state index contributed by atoms with van der Waals surface area (Å²) in [6.45, 7) is 2.57. The van der Waals surface area contributed by atoms with Crippen molar-refractivity contribution in [2.45, 2.75) is 19.4 Å². The number of aliphatic hydroxyl groups is 1. The number of anilines is 1. The topological polar surface area (TPSA) is 89.0 Å². The summed E-state index contributed by atoms with van der Waals surface area (Å²) in [5, 5.41) is 12.4. The van der Waals surface area contributed by atoms with E-state index in [2.05, 4.69) is 4.98 Å². The van der Waals surface area contributed by atoms with E-state index >= 15 is 0 Å². The quantitative estimate of drug-likeness (QED) is 0.110. The van der Waals surface area contributed by atoms with Crippen LogP contribution in [0.4, 0.5) is 5.13 Å². The van der Waals surface area contributed by atoms with Crippen molar-refractivity contribution in [3.05, 3.63) is 119 Å². The highest BCUT2D eigenvalue weighted by atomic mass is 35.5. The maximum Gasteiger partial charge on any atom is 0.301 e. The van der Waals surface area contributed by atoms with Gasteiger partial charge in [-0.25, -0.2) is 4.98 Å². The molecule has 6 rings (SSSR count). The number of Topliss-reactive ketones (excluding diaryl/α,β-unsaturated/α-hetero) is 1. The lowest BCUT2D eigenvalue weighted by atomic mass is 9.95. The third-order valence-electron chi connectivity index (χ3n) is 6.74. The largest absolute Gasteiger partial charge is 0.507 e. The first-order chi connectivity index (χ1) is 20.4. The first kappa shape index (κ1) is 27.5. The van der Waals surface area contributed by atoms with E-state index in [1.165, 1.54) is 16.2 Å². The molecule has 1 fully saturated rings. The lowest BCUT2D eigenvalue weighted by Crippen LogP contribution is -2.29. The minimum Gasteiger partial charge on any atom is -0.507 e. The second kappa shape index (κ2) is 11.7. The number of carbonyl (C=O) groups excluding carboxylic acids is 2. The van der Waals surface area contributed by atoms with Crippen LogP contribution < -0.4 is 14.4 Å². The van der Waals surface area contributed by atoms with Crippen molar-refractivity contribution in [1.29, 1.82) is 0 Å². The first-order valence-electron chi connectivity index (χ1n) is 13.4. The van der Waals surface area contributed by atoms with Crippen LogP contribution in [0.25, 0.3) is 16.0 Å². The summed E-state index contributed by atoms with van der Waals surface area (Å²) in [6, 6.07) is 27.5. The van der Waals surface area contributed by atoms with Gasteiger partial charge in [-0.15, -0.1) is 0 Å². The van der Waals surface area contributed by atoms with Crippen molar-refractivity contribution in [3.63, 3.8) is 0 Å². The van der Waals surface area contributed by atoms with Crippen molar-refractivity contribution < 1.29 is 24.2 Å². The van der Waals surface area contributed by atoms with Gasteiger partial charge in [0.1, 0.15) is 23.0 Å². The number of benzene rings is 4. The number of ketones is 1. The molecule has 1 saturated heterocycles. The Bertz CT molecular complexity index is 1820. The number of fused-ring (bicyclic) bond motifs is 1. The maximum atomic E-state index is 13.6. The van der Waals surface area contributed by atoms with Crippen LogP contribution in [-0.2, 0) is 9.59 Å². The number of nitrogens with zero attached hydrogens (tertiary/aromatic N) is 2. The van der Waals surface area contributed by atoms with E-state index < -0.39 is 17.7 Å². The van der Waals surface area contributed by atoms with E-state index in [0.717, 1.165) is 11.1 Å². The van der Waals surface area contributed by atoms with Gasteiger partial charge >= 0.3 is 5.91 Å². The molecule has 0 bridgehead atoms. The molecular formula is C33H25ClN2O5S. The number of aliphatic hydroxyl groups excluding tert-OH is 1. The Morgan fingerprint density at radius 2 is 1.69 bits per heavy atom. The van der Waals surface area contributed by atoms with E-state index in [0.29, 0.717) is 50.7 Å². The van der Waals surface area contributed by atoms with Gasteiger partial charge in [-0.2, -0.15) is 0 Å². The van der Waals surface area contributed by atoms with Crippen molar-refractivity contribution in [2.24, 2.45) is 0 Å². The third kappa shape index (κ3) is 5.34. The Labute approximate surface area is 251 Å². The Kier molecular flexibility index (Phi) is 7.65. The van der Waals surface area contributed by atoms with Gasteiger partial charge in [0, 0.05) is 10.6 Å². The van der Waals surface area contributed by atoms with Crippen LogP contribution in [-0.4, -0.2) is 28.4 Å². The first-order valence-corrected chi connectivity index (χ1v) is 14.6. The molecule has 5 aromatic rings. The SMILES string of the molecule is CCCOc1ccc(C(O)=C2C(=O)C(=O)N(c3nc4ccc(Cl)cc4s3)C2c2cccc(Oc3ccccc3)c2)cc1. The second-order valence-corrected chi connectivity index (χ2v) is 11.1.